The van der Waals surface area contributed by atoms with Gasteiger partial charge in [0.05, 0.1) is 11.8 Å². The van der Waals surface area contributed by atoms with Gasteiger partial charge in [-0.05, 0) is 49.1 Å². The molecule has 1 aromatic heterocycles. The second-order valence-electron chi connectivity index (χ2n) is 8.03. The van der Waals surface area contributed by atoms with Crippen molar-refractivity contribution in [1.29, 1.82) is 0 Å². The van der Waals surface area contributed by atoms with Gasteiger partial charge in [-0.25, -0.2) is 4.68 Å². The molecule has 1 aliphatic heterocycles. The highest BCUT2D eigenvalue weighted by atomic mass is 16.5. The van der Waals surface area contributed by atoms with E-state index in [4.69, 9.17) is 4.74 Å². The molecule has 3 aromatic rings. The lowest BCUT2D eigenvalue weighted by molar-refractivity contribution is -0.0265. The van der Waals surface area contributed by atoms with E-state index in [0.717, 1.165) is 37.6 Å². The molecule has 0 aliphatic carbocycles. The molecule has 2 atom stereocenters. The zero-order valence-electron chi connectivity index (χ0n) is 18.3. The fraction of sp³-hybridized carbons (Fsp3) is 0.360. The van der Waals surface area contributed by atoms with Gasteiger partial charge >= 0.3 is 0 Å². The number of hydrogen-bond acceptors (Lipinski definition) is 3. The summed E-state index contributed by atoms with van der Waals surface area (Å²) in [5, 5.41) is 11.2. The standard InChI is InChI=1S/C25H31N5O/c1-19-6-10-21(11-7-19)24-22(5-3-16-31-24)18-28-25(26-2)27-17-20-8-12-23(13-9-20)30-15-4-14-29-30/h4,6-15,22,24H,3,5,16-18H2,1-2H3,(H2,26,27,28). The quantitative estimate of drug-likeness (QED) is 0.470. The molecule has 2 heterocycles. The van der Waals surface area contributed by atoms with Gasteiger partial charge < -0.3 is 15.4 Å². The predicted molar refractivity (Wildman–Crippen MR) is 124 cm³/mol. The Hall–Kier alpha value is -3.12. The summed E-state index contributed by atoms with van der Waals surface area (Å²) in [5.41, 5.74) is 4.78. The van der Waals surface area contributed by atoms with Gasteiger partial charge in [0, 0.05) is 45.1 Å². The third-order valence-corrected chi connectivity index (χ3v) is 5.77. The molecule has 2 N–H and O–H groups in total. The molecule has 2 aromatic carbocycles. The Morgan fingerprint density at radius 2 is 1.94 bits per heavy atom. The monoisotopic (exact) mass is 417 g/mol. The van der Waals surface area contributed by atoms with Crippen LogP contribution in [0.15, 0.2) is 72.0 Å². The van der Waals surface area contributed by atoms with Crippen molar-refractivity contribution in [3.05, 3.63) is 83.7 Å². The number of aromatic nitrogens is 2. The fourth-order valence-electron chi connectivity index (χ4n) is 4.00. The molecule has 0 radical (unpaired) electrons. The molecule has 0 bridgehead atoms. The van der Waals surface area contributed by atoms with E-state index < -0.39 is 0 Å². The highest BCUT2D eigenvalue weighted by molar-refractivity contribution is 5.79. The first-order valence-electron chi connectivity index (χ1n) is 10.9. The van der Waals surface area contributed by atoms with Gasteiger partial charge in [-0.2, -0.15) is 5.10 Å². The first-order chi connectivity index (χ1) is 15.2. The average molecular weight is 418 g/mol. The van der Waals surface area contributed by atoms with Crippen LogP contribution in [0, 0.1) is 12.8 Å². The highest BCUT2D eigenvalue weighted by Crippen LogP contribution is 2.33. The third-order valence-electron chi connectivity index (χ3n) is 5.77. The van der Waals surface area contributed by atoms with E-state index in [9.17, 15) is 0 Å². The summed E-state index contributed by atoms with van der Waals surface area (Å²) < 4.78 is 8.00. The number of ether oxygens (including phenoxy) is 1. The molecule has 4 rings (SSSR count). The van der Waals surface area contributed by atoms with Gasteiger partial charge in [-0.15, -0.1) is 0 Å². The maximum absolute atomic E-state index is 6.15. The lowest BCUT2D eigenvalue weighted by Gasteiger charge is -2.32. The van der Waals surface area contributed by atoms with E-state index in [1.54, 1.807) is 6.20 Å². The molecule has 1 saturated heterocycles. The number of hydrogen-bond donors (Lipinski definition) is 2. The number of rotatable bonds is 6. The Balaban J connectivity index is 1.31. The summed E-state index contributed by atoms with van der Waals surface area (Å²) >= 11 is 0. The van der Waals surface area contributed by atoms with Crippen molar-refractivity contribution in [3.63, 3.8) is 0 Å². The average Bonchev–Trinajstić information content (AvgIpc) is 3.35. The van der Waals surface area contributed by atoms with Crippen LogP contribution in [-0.4, -0.2) is 35.9 Å². The summed E-state index contributed by atoms with van der Waals surface area (Å²) in [5.74, 6) is 1.23. The van der Waals surface area contributed by atoms with E-state index in [-0.39, 0.29) is 6.10 Å². The summed E-state index contributed by atoms with van der Waals surface area (Å²) in [6.45, 7) is 4.49. The van der Waals surface area contributed by atoms with Crippen molar-refractivity contribution < 1.29 is 4.74 Å². The van der Waals surface area contributed by atoms with E-state index in [2.05, 4.69) is 76.2 Å². The second-order valence-corrected chi connectivity index (χ2v) is 8.03. The van der Waals surface area contributed by atoms with E-state index in [1.807, 2.05) is 24.0 Å². The Bertz CT molecular complexity index is 964. The minimum absolute atomic E-state index is 0.134. The molecule has 6 nitrogen and oxygen atoms in total. The molecule has 162 valence electrons. The number of nitrogens with zero attached hydrogens (tertiary/aromatic N) is 3. The van der Waals surface area contributed by atoms with Crippen LogP contribution in [-0.2, 0) is 11.3 Å². The fourth-order valence-corrected chi connectivity index (χ4v) is 4.00. The van der Waals surface area contributed by atoms with Crippen molar-refractivity contribution in [1.82, 2.24) is 20.4 Å². The van der Waals surface area contributed by atoms with Gasteiger partial charge in [0.1, 0.15) is 0 Å². The van der Waals surface area contributed by atoms with Gasteiger partial charge in [-0.3, -0.25) is 4.99 Å². The van der Waals surface area contributed by atoms with Crippen LogP contribution in [0.1, 0.15) is 35.6 Å². The Morgan fingerprint density at radius 3 is 2.65 bits per heavy atom. The molecule has 6 heteroatoms. The zero-order chi connectivity index (χ0) is 21.5. The molecular formula is C25H31N5O. The van der Waals surface area contributed by atoms with Crippen molar-refractivity contribution in [3.8, 4) is 5.69 Å². The van der Waals surface area contributed by atoms with Crippen molar-refractivity contribution in [2.45, 2.75) is 32.4 Å². The zero-order valence-corrected chi connectivity index (χ0v) is 18.3. The first-order valence-corrected chi connectivity index (χ1v) is 10.9. The maximum atomic E-state index is 6.15. The minimum atomic E-state index is 0.134. The molecule has 0 spiro atoms. The topological polar surface area (TPSA) is 63.5 Å². The van der Waals surface area contributed by atoms with Gasteiger partial charge in [0.2, 0.25) is 0 Å². The minimum Gasteiger partial charge on any atom is -0.373 e. The van der Waals surface area contributed by atoms with Gasteiger partial charge in [0.15, 0.2) is 5.96 Å². The predicted octanol–water partition coefficient (Wildman–Crippen LogP) is 4.01. The van der Waals surface area contributed by atoms with Gasteiger partial charge in [-0.1, -0.05) is 42.0 Å². The van der Waals surface area contributed by atoms with Gasteiger partial charge in [0.25, 0.3) is 0 Å². The molecule has 1 aliphatic rings. The lowest BCUT2D eigenvalue weighted by Crippen LogP contribution is -2.41. The number of nitrogens with one attached hydrogen (secondary N) is 2. The van der Waals surface area contributed by atoms with Crippen LogP contribution in [0.3, 0.4) is 0 Å². The number of aliphatic imine (C=N–C) groups is 1. The smallest absolute Gasteiger partial charge is 0.191 e. The van der Waals surface area contributed by atoms with Crippen molar-refractivity contribution in [2.75, 3.05) is 20.2 Å². The lowest BCUT2D eigenvalue weighted by atomic mass is 9.89. The number of aryl methyl sites for hydroxylation is 1. The Kier molecular flexibility index (Phi) is 6.99. The van der Waals surface area contributed by atoms with Crippen molar-refractivity contribution in [2.24, 2.45) is 10.9 Å². The van der Waals surface area contributed by atoms with Crippen LogP contribution >= 0.6 is 0 Å². The number of benzene rings is 2. The normalized spacial score (nSPS) is 19.2. The van der Waals surface area contributed by atoms with Crippen LogP contribution in [0.4, 0.5) is 0 Å². The maximum Gasteiger partial charge on any atom is 0.191 e. The largest absolute Gasteiger partial charge is 0.373 e. The molecule has 0 amide bonds. The Labute approximate surface area is 184 Å². The SMILES string of the molecule is CN=C(NCc1ccc(-n2cccn2)cc1)NCC1CCCOC1c1ccc(C)cc1. The van der Waals surface area contributed by atoms with Crippen molar-refractivity contribution >= 4 is 5.96 Å². The first kappa shape index (κ1) is 21.1. The van der Waals surface area contributed by atoms with Crippen LogP contribution < -0.4 is 10.6 Å². The summed E-state index contributed by atoms with van der Waals surface area (Å²) in [4.78, 5) is 4.39. The summed E-state index contributed by atoms with van der Waals surface area (Å²) in [6, 6.07) is 19.0. The molecule has 0 saturated carbocycles. The van der Waals surface area contributed by atoms with Crippen LogP contribution in [0.2, 0.25) is 0 Å². The number of guanidine groups is 1. The molecular weight excluding hydrogens is 386 g/mol. The summed E-state index contributed by atoms with van der Waals surface area (Å²) in [7, 11) is 1.81. The second kappa shape index (κ2) is 10.3. The summed E-state index contributed by atoms with van der Waals surface area (Å²) in [6.07, 6.45) is 6.11. The van der Waals surface area contributed by atoms with E-state index >= 15 is 0 Å². The molecule has 2 unspecified atom stereocenters. The highest BCUT2D eigenvalue weighted by Gasteiger charge is 2.27. The van der Waals surface area contributed by atoms with E-state index in [1.165, 1.54) is 16.7 Å². The van der Waals surface area contributed by atoms with E-state index in [0.29, 0.717) is 12.5 Å². The van der Waals surface area contributed by atoms with Crippen LogP contribution in [0.5, 0.6) is 0 Å². The molecule has 1 fully saturated rings. The third kappa shape index (κ3) is 5.52. The molecule has 31 heavy (non-hydrogen) atoms. The Morgan fingerprint density at radius 1 is 1.13 bits per heavy atom. The van der Waals surface area contributed by atoms with Crippen LogP contribution in [0.25, 0.3) is 5.69 Å².